The Bertz CT molecular complexity index is 114. The van der Waals surface area contributed by atoms with Gasteiger partial charge in [-0.2, -0.15) is 0 Å². The van der Waals surface area contributed by atoms with Crippen LogP contribution in [0.4, 0.5) is 0 Å². The maximum absolute atomic E-state index is 10.4. The zero-order valence-corrected chi connectivity index (χ0v) is 6.49. The number of hydrogen-bond donors (Lipinski definition) is 1. The highest BCUT2D eigenvalue weighted by atomic mass is 32.2. The standard InChI is InChI=1S/C6H13NOS/c1-3-4-6(2)5-9(7)8/h3,6H,1,4-5,7H2,2H3/t6-,9+/m0/s1. The fourth-order valence-electron chi connectivity index (χ4n) is 0.633. The Morgan fingerprint density at radius 1 is 1.89 bits per heavy atom. The van der Waals surface area contributed by atoms with Crippen LogP contribution in [0.5, 0.6) is 0 Å². The fourth-order valence-corrected chi connectivity index (χ4v) is 1.33. The minimum Gasteiger partial charge on any atom is -0.252 e. The lowest BCUT2D eigenvalue weighted by Gasteiger charge is -2.03. The van der Waals surface area contributed by atoms with Gasteiger partial charge in [0, 0.05) is 5.75 Å². The number of hydrogen-bond acceptors (Lipinski definition) is 1. The van der Waals surface area contributed by atoms with Crippen molar-refractivity contribution in [3.05, 3.63) is 12.7 Å². The van der Waals surface area contributed by atoms with Crippen LogP contribution < -0.4 is 5.14 Å². The van der Waals surface area contributed by atoms with Crippen LogP contribution in [0.3, 0.4) is 0 Å². The third-order valence-corrected chi connectivity index (χ3v) is 1.92. The zero-order valence-electron chi connectivity index (χ0n) is 5.67. The van der Waals surface area contributed by atoms with E-state index >= 15 is 0 Å². The lowest BCUT2D eigenvalue weighted by Crippen LogP contribution is -2.13. The highest BCUT2D eigenvalue weighted by molar-refractivity contribution is 7.82. The maximum Gasteiger partial charge on any atom is 0.0890 e. The molecule has 0 aromatic rings. The first kappa shape index (κ1) is 8.85. The van der Waals surface area contributed by atoms with Gasteiger partial charge < -0.3 is 0 Å². The lowest BCUT2D eigenvalue weighted by atomic mass is 10.1. The normalized spacial score (nSPS) is 16.7. The van der Waals surface area contributed by atoms with Crippen LogP contribution in [0.15, 0.2) is 12.7 Å². The zero-order chi connectivity index (χ0) is 7.28. The Kier molecular flexibility index (Phi) is 4.62. The molecular formula is C6H13NOS. The largest absolute Gasteiger partial charge is 0.252 e. The summed E-state index contributed by atoms with van der Waals surface area (Å²) in [5.74, 6) is 0.972. The van der Waals surface area contributed by atoms with Gasteiger partial charge in [-0.25, -0.2) is 4.21 Å². The van der Waals surface area contributed by atoms with E-state index in [9.17, 15) is 4.21 Å². The molecule has 0 aliphatic rings. The van der Waals surface area contributed by atoms with Crippen molar-refractivity contribution >= 4 is 11.0 Å². The molecule has 0 unspecified atom stereocenters. The van der Waals surface area contributed by atoms with E-state index in [1.54, 1.807) is 0 Å². The molecule has 2 nitrogen and oxygen atoms in total. The first-order valence-electron chi connectivity index (χ1n) is 2.90. The second-order valence-electron chi connectivity index (χ2n) is 2.18. The van der Waals surface area contributed by atoms with E-state index in [0.717, 1.165) is 6.42 Å². The van der Waals surface area contributed by atoms with E-state index in [1.165, 1.54) is 0 Å². The number of allylic oxidation sites excluding steroid dienone is 1. The third kappa shape index (κ3) is 5.73. The van der Waals surface area contributed by atoms with Gasteiger partial charge in [0.25, 0.3) is 0 Å². The molecule has 2 N–H and O–H groups in total. The summed E-state index contributed by atoms with van der Waals surface area (Å²) in [5.41, 5.74) is 0. The molecule has 0 saturated heterocycles. The molecule has 0 aromatic heterocycles. The minimum atomic E-state index is -1.14. The van der Waals surface area contributed by atoms with Gasteiger partial charge in [0.15, 0.2) is 0 Å². The summed E-state index contributed by atoms with van der Waals surface area (Å²) < 4.78 is 10.4. The highest BCUT2D eigenvalue weighted by Gasteiger charge is 2.00. The van der Waals surface area contributed by atoms with Crippen LogP contribution in [0.1, 0.15) is 13.3 Å². The van der Waals surface area contributed by atoms with Crippen LogP contribution in [-0.4, -0.2) is 9.96 Å². The van der Waals surface area contributed by atoms with Gasteiger partial charge in [0.1, 0.15) is 0 Å². The van der Waals surface area contributed by atoms with Gasteiger partial charge in [-0.05, 0) is 12.3 Å². The van der Waals surface area contributed by atoms with E-state index < -0.39 is 11.0 Å². The van der Waals surface area contributed by atoms with Crippen molar-refractivity contribution in [3.63, 3.8) is 0 Å². The molecule has 0 radical (unpaired) electrons. The molecular weight excluding hydrogens is 134 g/mol. The van der Waals surface area contributed by atoms with Gasteiger partial charge in [0.05, 0.1) is 11.0 Å². The predicted octanol–water partition coefficient (Wildman–Crippen LogP) is 0.821. The maximum atomic E-state index is 10.4. The van der Waals surface area contributed by atoms with Crippen molar-refractivity contribution in [1.82, 2.24) is 0 Å². The molecule has 0 aliphatic carbocycles. The van der Waals surface area contributed by atoms with Gasteiger partial charge in [0.2, 0.25) is 0 Å². The summed E-state index contributed by atoms with van der Waals surface area (Å²) in [6.07, 6.45) is 2.71. The van der Waals surface area contributed by atoms with E-state index in [1.807, 2.05) is 13.0 Å². The molecule has 0 aromatic carbocycles. The molecule has 0 bridgehead atoms. The quantitative estimate of drug-likeness (QED) is 0.588. The molecule has 0 heterocycles. The molecule has 9 heavy (non-hydrogen) atoms. The summed E-state index contributed by atoms with van der Waals surface area (Å²) in [6, 6.07) is 0. The Morgan fingerprint density at radius 3 is 2.78 bits per heavy atom. The summed E-state index contributed by atoms with van der Waals surface area (Å²) in [5, 5.41) is 5.06. The molecule has 54 valence electrons. The van der Waals surface area contributed by atoms with Crippen molar-refractivity contribution in [3.8, 4) is 0 Å². The monoisotopic (exact) mass is 147 g/mol. The Balaban J connectivity index is 3.37. The van der Waals surface area contributed by atoms with Crippen molar-refractivity contribution in [2.45, 2.75) is 13.3 Å². The molecule has 0 rings (SSSR count). The minimum absolute atomic E-state index is 0.397. The average molecular weight is 147 g/mol. The third-order valence-electron chi connectivity index (χ3n) is 1.02. The van der Waals surface area contributed by atoms with E-state index in [4.69, 9.17) is 5.14 Å². The van der Waals surface area contributed by atoms with E-state index in [-0.39, 0.29) is 0 Å². The summed E-state index contributed by atoms with van der Waals surface area (Å²) in [6.45, 7) is 5.57. The van der Waals surface area contributed by atoms with Crippen molar-refractivity contribution in [2.75, 3.05) is 5.75 Å². The topological polar surface area (TPSA) is 43.1 Å². The van der Waals surface area contributed by atoms with Crippen LogP contribution in [0.2, 0.25) is 0 Å². The van der Waals surface area contributed by atoms with Gasteiger partial charge in [-0.1, -0.05) is 13.0 Å². The first-order valence-corrected chi connectivity index (χ1v) is 4.28. The molecule has 0 fully saturated rings. The molecule has 3 heteroatoms. The predicted molar refractivity (Wildman–Crippen MR) is 41.2 cm³/mol. The smallest absolute Gasteiger partial charge is 0.0890 e. The van der Waals surface area contributed by atoms with E-state index in [0.29, 0.717) is 11.7 Å². The van der Waals surface area contributed by atoms with Crippen LogP contribution >= 0.6 is 0 Å². The molecule has 0 amide bonds. The van der Waals surface area contributed by atoms with Crippen molar-refractivity contribution in [1.29, 1.82) is 0 Å². The first-order chi connectivity index (χ1) is 4.16. The molecule has 0 aliphatic heterocycles. The summed E-state index contributed by atoms with van der Waals surface area (Å²) in [4.78, 5) is 0. The van der Waals surface area contributed by atoms with Crippen LogP contribution in [-0.2, 0) is 11.0 Å². The van der Waals surface area contributed by atoms with Crippen molar-refractivity contribution < 1.29 is 4.21 Å². The SMILES string of the molecule is C=CC[C@H](C)C[S@](N)=O. The molecule has 0 spiro atoms. The second-order valence-corrected chi connectivity index (χ2v) is 3.27. The molecule has 2 atom stereocenters. The number of rotatable bonds is 4. The fraction of sp³-hybridized carbons (Fsp3) is 0.667. The van der Waals surface area contributed by atoms with Gasteiger partial charge in [-0.15, -0.1) is 6.58 Å². The van der Waals surface area contributed by atoms with Gasteiger partial charge in [-0.3, -0.25) is 5.14 Å². The summed E-state index contributed by atoms with van der Waals surface area (Å²) >= 11 is 0. The summed E-state index contributed by atoms with van der Waals surface area (Å²) in [7, 11) is -1.14. The highest BCUT2D eigenvalue weighted by Crippen LogP contribution is 2.01. The van der Waals surface area contributed by atoms with E-state index in [2.05, 4.69) is 6.58 Å². The Hall–Kier alpha value is -0.150. The Morgan fingerprint density at radius 2 is 2.44 bits per heavy atom. The number of nitrogens with two attached hydrogens (primary N) is 1. The van der Waals surface area contributed by atoms with Crippen molar-refractivity contribution in [2.24, 2.45) is 11.1 Å². The average Bonchev–Trinajstić information content (AvgIpc) is 1.63. The van der Waals surface area contributed by atoms with Crippen LogP contribution in [0, 0.1) is 5.92 Å². The second kappa shape index (κ2) is 4.70. The van der Waals surface area contributed by atoms with Gasteiger partial charge >= 0.3 is 0 Å². The molecule has 0 saturated carbocycles. The van der Waals surface area contributed by atoms with Crippen LogP contribution in [0.25, 0.3) is 0 Å². The Labute approximate surface area is 58.7 Å². The lowest BCUT2D eigenvalue weighted by molar-refractivity contribution is 0.641.